The number of hydrogen-bond acceptors (Lipinski definition) is 3. The molecule has 2 aliphatic rings. The number of pyridine rings is 2. The van der Waals surface area contributed by atoms with Gasteiger partial charge in [-0.1, -0.05) is 88.7 Å². The predicted molar refractivity (Wildman–Crippen MR) is 240 cm³/mol. The molecule has 0 aliphatic heterocycles. The fourth-order valence-corrected chi connectivity index (χ4v) is 10.1. The largest absolute Gasteiger partial charge is 2.00 e. The molecule has 2 fully saturated rings. The van der Waals surface area contributed by atoms with E-state index in [1.165, 1.54) is 89.3 Å². The van der Waals surface area contributed by atoms with Gasteiger partial charge >= 0.3 is 21.1 Å². The minimum absolute atomic E-state index is 0. The van der Waals surface area contributed by atoms with E-state index in [0.29, 0.717) is 40.1 Å². The molecule has 9 rings (SSSR count). The summed E-state index contributed by atoms with van der Waals surface area (Å²) in [7, 11) is 0. The number of ether oxygens (including phenoxy) is 1. The first-order chi connectivity index (χ1) is 27.8. The van der Waals surface area contributed by atoms with Crippen molar-refractivity contribution < 1.29 is 25.8 Å². The summed E-state index contributed by atoms with van der Waals surface area (Å²) in [6, 6.07) is 38.1. The molecule has 3 heterocycles. The van der Waals surface area contributed by atoms with Crippen molar-refractivity contribution in [3.05, 3.63) is 137 Å². The Morgan fingerprint density at radius 1 is 0.678 bits per heavy atom. The van der Waals surface area contributed by atoms with Crippen LogP contribution in [0.5, 0.6) is 11.5 Å². The average Bonchev–Trinajstić information content (AvgIpc) is 3.52. The first-order valence-electron chi connectivity index (χ1n) is 21.5. The Labute approximate surface area is 366 Å². The Kier molecular flexibility index (Phi) is 11.3. The van der Waals surface area contributed by atoms with E-state index in [4.69, 9.17) is 14.7 Å². The van der Waals surface area contributed by atoms with Gasteiger partial charge in [-0.25, -0.2) is 4.98 Å². The number of aryl methyl sites for hydroxylation is 3. The number of aromatic nitrogens is 3. The van der Waals surface area contributed by atoms with E-state index >= 15 is 0 Å². The van der Waals surface area contributed by atoms with Crippen LogP contribution in [0.1, 0.15) is 119 Å². The standard InChI is InChI=1S/C54H57N3O.Pt/c1-34-26-52(56-32-36(34)3)57-50-19-16-41(39-14-12-38(13-15-39)40-20-23-53(5,6)24-21-40)28-48(50)46-18-17-44(29-51(46)57)58-43-11-9-10-42(27-43)49-30-47(37(4)33-55-49)45-22-25-54(7,8)31-35(45)2;/h9-19,26,28,30,32-33,35,40,45H,20-25,31H2,1-8H3;/q-2;+2. The maximum Gasteiger partial charge on any atom is 2.00 e. The van der Waals surface area contributed by atoms with Crippen LogP contribution in [0.15, 0.2) is 97.3 Å². The molecule has 0 amide bonds. The molecule has 0 saturated heterocycles. The van der Waals surface area contributed by atoms with E-state index in [9.17, 15) is 0 Å². The van der Waals surface area contributed by atoms with Crippen molar-refractivity contribution >= 4 is 21.8 Å². The molecule has 2 aliphatic carbocycles. The number of benzene rings is 4. The van der Waals surface area contributed by atoms with Crippen LogP contribution in [0.2, 0.25) is 0 Å². The summed E-state index contributed by atoms with van der Waals surface area (Å²) in [4.78, 5) is 9.82. The molecule has 0 spiro atoms. The number of rotatable bonds is 7. The molecule has 4 nitrogen and oxygen atoms in total. The van der Waals surface area contributed by atoms with Crippen LogP contribution >= 0.6 is 0 Å². The second-order valence-electron chi connectivity index (χ2n) is 19.3. The van der Waals surface area contributed by atoms with E-state index in [2.05, 4.69) is 139 Å². The molecule has 4 aromatic carbocycles. The number of hydrogen-bond donors (Lipinski definition) is 0. The Morgan fingerprint density at radius 2 is 1.39 bits per heavy atom. The molecule has 2 unspecified atom stereocenters. The van der Waals surface area contributed by atoms with E-state index in [1.807, 2.05) is 30.6 Å². The van der Waals surface area contributed by atoms with Crippen LogP contribution in [-0.2, 0) is 21.1 Å². The summed E-state index contributed by atoms with van der Waals surface area (Å²) in [5, 5.41) is 2.28. The summed E-state index contributed by atoms with van der Waals surface area (Å²) < 4.78 is 8.81. The van der Waals surface area contributed by atoms with Gasteiger partial charge in [0.05, 0.1) is 0 Å². The van der Waals surface area contributed by atoms with Gasteiger partial charge in [-0.15, -0.1) is 41.3 Å². The van der Waals surface area contributed by atoms with Crippen LogP contribution in [0, 0.1) is 49.7 Å². The second kappa shape index (κ2) is 16.1. The SMILES string of the molecule is Cc1cnc(-n2c3[c-]c(Oc4[c-]c(-c5cc(C6CCC(C)(C)CC6C)c(C)cn5)ccc4)ccc3c3cc(-c4ccc(C5CCC(C)(C)CC5)cc4)ccc32)cc1C.[Pt+2]. The first kappa shape index (κ1) is 41.2. The fraction of sp³-hybridized carbons (Fsp3) is 0.370. The maximum absolute atomic E-state index is 6.58. The van der Waals surface area contributed by atoms with Crippen molar-refractivity contribution in [2.24, 2.45) is 16.7 Å². The molecular weight excluding hydrogens is 902 g/mol. The van der Waals surface area contributed by atoms with Crippen molar-refractivity contribution in [1.82, 2.24) is 14.5 Å². The molecule has 7 aromatic rings. The quantitative estimate of drug-likeness (QED) is 0.149. The summed E-state index contributed by atoms with van der Waals surface area (Å²) >= 11 is 0. The third kappa shape index (κ3) is 8.32. The van der Waals surface area contributed by atoms with Gasteiger partial charge in [0.15, 0.2) is 0 Å². The van der Waals surface area contributed by atoms with Crippen molar-refractivity contribution in [3.63, 3.8) is 0 Å². The summed E-state index contributed by atoms with van der Waals surface area (Å²) in [5.74, 6) is 3.98. The molecule has 5 heteroatoms. The average molecular weight is 959 g/mol. The van der Waals surface area contributed by atoms with Crippen molar-refractivity contribution in [2.45, 2.75) is 112 Å². The van der Waals surface area contributed by atoms with Gasteiger partial charge in [-0.3, -0.25) is 0 Å². The van der Waals surface area contributed by atoms with Gasteiger partial charge in [0, 0.05) is 29.4 Å². The van der Waals surface area contributed by atoms with E-state index in [-0.39, 0.29) is 21.1 Å². The molecule has 2 saturated carbocycles. The van der Waals surface area contributed by atoms with Crippen LogP contribution < -0.4 is 4.74 Å². The van der Waals surface area contributed by atoms with Crippen LogP contribution in [-0.4, -0.2) is 14.5 Å². The summed E-state index contributed by atoms with van der Waals surface area (Å²) in [5.41, 5.74) is 13.7. The van der Waals surface area contributed by atoms with Gasteiger partial charge in [-0.05, 0) is 156 Å². The van der Waals surface area contributed by atoms with E-state index in [1.54, 1.807) is 0 Å². The molecule has 59 heavy (non-hydrogen) atoms. The van der Waals surface area contributed by atoms with E-state index < -0.39 is 0 Å². The zero-order chi connectivity index (χ0) is 40.3. The normalized spacial score (nSPS) is 19.1. The zero-order valence-corrected chi connectivity index (χ0v) is 38.3. The zero-order valence-electron chi connectivity index (χ0n) is 36.0. The number of fused-ring (bicyclic) bond motifs is 3. The van der Waals surface area contributed by atoms with E-state index in [0.717, 1.165) is 33.5 Å². The Hall–Kier alpha value is -4.53. The Bertz CT molecular complexity index is 2640. The summed E-state index contributed by atoms with van der Waals surface area (Å²) in [6.45, 7) is 18.5. The Morgan fingerprint density at radius 3 is 2.14 bits per heavy atom. The molecule has 304 valence electrons. The predicted octanol–water partition coefficient (Wildman–Crippen LogP) is 14.8. The molecule has 0 radical (unpaired) electrons. The second-order valence-corrected chi connectivity index (χ2v) is 19.3. The van der Waals surface area contributed by atoms with Crippen molar-refractivity contribution in [1.29, 1.82) is 0 Å². The third-order valence-corrected chi connectivity index (χ3v) is 13.8. The monoisotopic (exact) mass is 958 g/mol. The van der Waals surface area contributed by atoms with Crippen LogP contribution in [0.3, 0.4) is 0 Å². The van der Waals surface area contributed by atoms with Gasteiger partial charge in [0.2, 0.25) is 0 Å². The molecule has 3 aromatic heterocycles. The number of nitrogens with zero attached hydrogens (tertiary/aromatic N) is 3. The van der Waals surface area contributed by atoms with Crippen molar-refractivity contribution in [2.75, 3.05) is 0 Å². The van der Waals surface area contributed by atoms with Gasteiger partial charge < -0.3 is 14.3 Å². The molecule has 0 bridgehead atoms. The third-order valence-electron chi connectivity index (χ3n) is 13.8. The van der Waals surface area contributed by atoms with Gasteiger partial charge in [-0.2, -0.15) is 6.07 Å². The fourth-order valence-electron chi connectivity index (χ4n) is 10.1. The van der Waals surface area contributed by atoms with Gasteiger partial charge in [0.25, 0.3) is 0 Å². The topological polar surface area (TPSA) is 39.9 Å². The van der Waals surface area contributed by atoms with Crippen LogP contribution in [0.25, 0.3) is 50.0 Å². The first-order valence-corrected chi connectivity index (χ1v) is 21.5. The smallest absolute Gasteiger partial charge is 0.503 e. The molecular formula is C54H57N3OPt. The minimum Gasteiger partial charge on any atom is -0.503 e. The van der Waals surface area contributed by atoms with Crippen LogP contribution in [0.4, 0.5) is 0 Å². The summed E-state index contributed by atoms with van der Waals surface area (Å²) in [6.07, 6.45) is 12.9. The molecule has 2 atom stereocenters. The minimum atomic E-state index is 0. The maximum atomic E-state index is 6.58. The van der Waals surface area contributed by atoms with Gasteiger partial charge in [0.1, 0.15) is 5.82 Å². The Balaban J connectivity index is 0.00000484. The molecule has 0 N–H and O–H groups in total. The van der Waals surface area contributed by atoms with Crippen molar-refractivity contribution in [3.8, 4) is 39.7 Å².